The van der Waals surface area contributed by atoms with Gasteiger partial charge in [-0.15, -0.1) is 0 Å². The number of nitrogens with zero attached hydrogens (tertiary/aromatic N) is 2. The molecule has 4 heteroatoms. The van der Waals surface area contributed by atoms with Gasteiger partial charge in [0.25, 0.3) is 0 Å². The molecule has 10 rings (SSSR count). The first-order chi connectivity index (χ1) is 23.2. The molecule has 47 heavy (non-hydrogen) atoms. The zero-order valence-electron chi connectivity index (χ0n) is 26.0. The monoisotopic (exact) mass is 606 g/mol. The van der Waals surface area contributed by atoms with Crippen molar-refractivity contribution in [3.05, 3.63) is 138 Å². The minimum Gasteiger partial charge on any atom is -0.456 e. The third-order valence-corrected chi connectivity index (χ3v) is 9.94. The van der Waals surface area contributed by atoms with E-state index in [9.17, 15) is 0 Å². The molecule has 0 unspecified atom stereocenters. The number of allylic oxidation sites excluding steroid dienone is 1. The van der Waals surface area contributed by atoms with Gasteiger partial charge in [-0.05, 0) is 100 Å². The highest BCUT2D eigenvalue weighted by atomic mass is 16.3. The molecule has 6 aromatic carbocycles. The van der Waals surface area contributed by atoms with Crippen molar-refractivity contribution in [3.8, 4) is 0 Å². The minimum absolute atomic E-state index is 0.650. The standard InChI is InChI=1S/C43H30N2O2/c1-26-36-15-4-2-3-11-30-25-44-43-41(34-13-7-8-16-37(34)47-43)42(30)45(35-14-9-17-38(46-36)39(26)35)31-22-23-33-29(24-31)21-20-28-19-18-27-10-5-6-12-32(27)40(28)33/h4-10,12-25H,2-3,11H2,1H3. The molecule has 0 fully saturated rings. The van der Waals surface area contributed by atoms with Crippen LogP contribution in [0.25, 0.3) is 71.4 Å². The Labute approximate surface area is 271 Å². The summed E-state index contributed by atoms with van der Waals surface area (Å²) < 4.78 is 12.9. The molecule has 0 radical (unpaired) electrons. The molecule has 9 aromatic rings. The number of benzene rings is 6. The maximum Gasteiger partial charge on any atom is 0.229 e. The summed E-state index contributed by atoms with van der Waals surface area (Å²) in [5, 5.41) is 10.7. The van der Waals surface area contributed by atoms with E-state index < -0.39 is 0 Å². The Hall–Kier alpha value is -5.87. The molecule has 3 aromatic heterocycles. The number of rotatable bonds is 1. The number of aryl methyl sites for hydroxylation is 2. The van der Waals surface area contributed by atoms with Crippen molar-refractivity contribution in [2.24, 2.45) is 0 Å². The third kappa shape index (κ3) is 3.91. The fourth-order valence-corrected chi connectivity index (χ4v) is 7.75. The smallest absolute Gasteiger partial charge is 0.229 e. The van der Waals surface area contributed by atoms with Crippen LogP contribution in [0.3, 0.4) is 0 Å². The number of fused-ring (bicyclic) bond motifs is 11. The van der Waals surface area contributed by atoms with E-state index in [-0.39, 0.29) is 0 Å². The van der Waals surface area contributed by atoms with Crippen LogP contribution in [0.5, 0.6) is 0 Å². The fraction of sp³-hybridized carbons (Fsp3) is 0.0930. The van der Waals surface area contributed by atoms with Crippen LogP contribution >= 0.6 is 0 Å². The van der Waals surface area contributed by atoms with E-state index in [0.717, 1.165) is 75.0 Å². The summed E-state index contributed by atoms with van der Waals surface area (Å²) in [4.78, 5) is 7.33. The highest BCUT2D eigenvalue weighted by molar-refractivity contribution is 6.21. The van der Waals surface area contributed by atoms with Crippen LogP contribution < -0.4 is 4.90 Å². The van der Waals surface area contributed by atoms with Gasteiger partial charge < -0.3 is 13.7 Å². The summed E-state index contributed by atoms with van der Waals surface area (Å²) in [6.07, 6.45) is 9.23. The molecule has 1 aliphatic rings. The maximum atomic E-state index is 6.48. The number of anilines is 3. The zero-order valence-corrected chi connectivity index (χ0v) is 26.0. The van der Waals surface area contributed by atoms with Gasteiger partial charge in [-0.3, -0.25) is 0 Å². The Balaban J connectivity index is 1.34. The number of aromatic nitrogens is 1. The largest absolute Gasteiger partial charge is 0.456 e. The summed E-state index contributed by atoms with van der Waals surface area (Å²) in [5.74, 6) is 0.915. The van der Waals surface area contributed by atoms with Crippen LogP contribution in [0.4, 0.5) is 17.1 Å². The third-order valence-electron chi connectivity index (χ3n) is 9.94. The number of furan rings is 2. The lowest BCUT2D eigenvalue weighted by Gasteiger charge is -2.29. The summed E-state index contributed by atoms with van der Waals surface area (Å²) in [6, 6.07) is 39.3. The first kappa shape index (κ1) is 26.4. The maximum absolute atomic E-state index is 6.48. The van der Waals surface area contributed by atoms with Crippen molar-refractivity contribution < 1.29 is 8.83 Å². The fourth-order valence-electron chi connectivity index (χ4n) is 7.75. The van der Waals surface area contributed by atoms with Crippen molar-refractivity contribution in [1.82, 2.24) is 4.98 Å². The van der Waals surface area contributed by atoms with Crippen LogP contribution in [0, 0.1) is 6.92 Å². The van der Waals surface area contributed by atoms with Gasteiger partial charge in [0, 0.05) is 28.2 Å². The summed E-state index contributed by atoms with van der Waals surface area (Å²) in [7, 11) is 0. The molecule has 224 valence electrons. The molecule has 0 N–H and O–H groups in total. The lowest BCUT2D eigenvalue weighted by atomic mass is 9.95. The van der Waals surface area contributed by atoms with Crippen LogP contribution in [-0.2, 0) is 6.42 Å². The molecule has 4 nitrogen and oxygen atoms in total. The van der Waals surface area contributed by atoms with E-state index in [1.165, 1.54) is 37.9 Å². The lowest BCUT2D eigenvalue weighted by Crippen LogP contribution is -2.14. The number of hydrogen-bond donors (Lipinski definition) is 0. The lowest BCUT2D eigenvalue weighted by molar-refractivity contribution is 0.601. The predicted octanol–water partition coefficient (Wildman–Crippen LogP) is 12.3. The summed E-state index contributed by atoms with van der Waals surface area (Å²) >= 11 is 0. The van der Waals surface area contributed by atoms with Gasteiger partial charge in [-0.2, -0.15) is 0 Å². The van der Waals surface area contributed by atoms with Gasteiger partial charge in [0.05, 0.1) is 16.8 Å². The first-order valence-electron chi connectivity index (χ1n) is 16.3. The topological polar surface area (TPSA) is 42.4 Å². The van der Waals surface area contributed by atoms with E-state index in [2.05, 4.69) is 121 Å². The molecule has 0 saturated heterocycles. The highest BCUT2D eigenvalue weighted by Crippen LogP contribution is 2.48. The van der Waals surface area contributed by atoms with E-state index in [4.69, 9.17) is 13.8 Å². The van der Waals surface area contributed by atoms with Gasteiger partial charge in [0.2, 0.25) is 5.71 Å². The molecule has 0 aliphatic carbocycles. The molecule has 2 bridgehead atoms. The van der Waals surface area contributed by atoms with Gasteiger partial charge in [-0.25, -0.2) is 4.98 Å². The van der Waals surface area contributed by atoms with Crippen molar-refractivity contribution in [3.63, 3.8) is 0 Å². The SMILES string of the molecule is Cc1c2oc3cccc(c13)N(c1ccc3c(ccc4ccc5ccccc5c43)c1)c1c(cnc3oc4ccccc4c13)CCCC=C2. The second kappa shape index (κ2) is 10.1. The predicted molar refractivity (Wildman–Crippen MR) is 195 cm³/mol. The van der Waals surface area contributed by atoms with E-state index in [1.54, 1.807) is 0 Å². The quantitative estimate of drug-likeness (QED) is 0.174. The second-order valence-corrected chi connectivity index (χ2v) is 12.6. The molecule has 1 aliphatic heterocycles. The highest BCUT2D eigenvalue weighted by Gasteiger charge is 2.27. The van der Waals surface area contributed by atoms with Crippen LogP contribution in [0.1, 0.15) is 29.7 Å². The zero-order chi connectivity index (χ0) is 31.1. The summed E-state index contributed by atoms with van der Waals surface area (Å²) in [5.41, 5.74) is 7.98. The summed E-state index contributed by atoms with van der Waals surface area (Å²) in [6.45, 7) is 2.17. The van der Waals surface area contributed by atoms with Crippen LogP contribution in [0.2, 0.25) is 0 Å². The Morgan fingerprint density at radius 3 is 2.38 bits per heavy atom. The molecule has 0 saturated carbocycles. The van der Waals surface area contributed by atoms with Gasteiger partial charge in [-0.1, -0.05) is 84.9 Å². The Morgan fingerprint density at radius 2 is 1.45 bits per heavy atom. The molecule has 0 amide bonds. The van der Waals surface area contributed by atoms with Crippen LogP contribution in [0.15, 0.2) is 130 Å². The Morgan fingerprint density at radius 1 is 0.660 bits per heavy atom. The second-order valence-electron chi connectivity index (χ2n) is 12.6. The van der Waals surface area contributed by atoms with Crippen LogP contribution in [-0.4, -0.2) is 4.98 Å². The normalized spacial score (nSPS) is 13.7. The first-order valence-corrected chi connectivity index (χ1v) is 16.3. The van der Waals surface area contributed by atoms with E-state index in [1.807, 2.05) is 18.3 Å². The molecular weight excluding hydrogens is 576 g/mol. The van der Waals surface area contributed by atoms with E-state index in [0.29, 0.717) is 5.71 Å². The van der Waals surface area contributed by atoms with Gasteiger partial charge in [0.1, 0.15) is 16.9 Å². The Kier molecular flexibility index (Phi) is 5.64. The van der Waals surface area contributed by atoms with Crippen molar-refractivity contribution in [2.75, 3.05) is 4.90 Å². The van der Waals surface area contributed by atoms with Crippen molar-refractivity contribution in [1.29, 1.82) is 0 Å². The average molecular weight is 607 g/mol. The van der Waals surface area contributed by atoms with Crippen molar-refractivity contribution in [2.45, 2.75) is 26.2 Å². The number of pyridine rings is 1. The average Bonchev–Trinajstić information content (AvgIpc) is 3.65. The van der Waals surface area contributed by atoms with Gasteiger partial charge in [0.15, 0.2) is 0 Å². The number of para-hydroxylation sites is 1. The van der Waals surface area contributed by atoms with Gasteiger partial charge >= 0.3 is 0 Å². The molecule has 0 atom stereocenters. The van der Waals surface area contributed by atoms with E-state index >= 15 is 0 Å². The van der Waals surface area contributed by atoms with Crippen molar-refractivity contribution >= 4 is 88.5 Å². The minimum atomic E-state index is 0.650. The molecule has 0 spiro atoms. The number of hydrogen-bond acceptors (Lipinski definition) is 4. The molecular formula is C43H30N2O2. The Bertz CT molecular complexity index is 2750. The molecule has 4 heterocycles.